The van der Waals surface area contributed by atoms with Crippen molar-refractivity contribution >= 4 is 23.4 Å². The first-order chi connectivity index (χ1) is 12.6. The molecule has 0 bridgehead atoms. The van der Waals surface area contributed by atoms with Crippen molar-refractivity contribution in [2.24, 2.45) is 0 Å². The molecule has 2 amide bonds. The zero-order chi connectivity index (χ0) is 18.4. The lowest BCUT2D eigenvalue weighted by molar-refractivity contribution is -0.132. The number of rotatable bonds is 5. The maximum absolute atomic E-state index is 12.4. The van der Waals surface area contributed by atoms with Crippen LogP contribution in [0.3, 0.4) is 0 Å². The Labute approximate surface area is 160 Å². The van der Waals surface area contributed by atoms with E-state index in [-0.39, 0.29) is 11.8 Å². The zero-order valence-electron chi connectivity index (χ0n) is 15.3. The maximum atomic E-state index is 12.4. The highest BCUT2D eigenvalue weighted by Gasteiger charge is 2.27. The lowest BCUT2D eigenvalue weighted by Crippen LogP contribution is -2.48. The normalized spacial score (nSPS) is 19.3. The van der Waals surface area contributed by atoms with Gasteiger partial charge in [-0.1, -0.05) is 18.0 Å². The molecule has 2 aliphatic rings. The van der Waals surface area contributed by atoms with Gasteiger partial charge in [0.1, 0.15) is 0 Å². The van der Waals surface area contributed by atoms with Crippen LogP contribution in [0.15, 0.2) is 24.3 Å². The molecule has 2 heterocycles. The maximum Gasteiger partial charge on any atom is 0.251 e. The topological polar surface area (TPSA) is 52.7 Å². The summed E-state index contributed by atoms with van der Waals surface area (Å²) >= 11 is 5.82. The summed E-state index contributed by atoms with van der Waals surface area (Å²) in [6.07, 6.45) is 6.48. The van der Waals surface area contributed by atoms with Gasteiger partial charge in [0.25, 0.3) is 5.91 Å². The minimum absolute atomic E-state index is 0.138. The number of benzene rings is 1. The van der Waals surface area contributed by atoms with E-state index < -0.39 is 0 Å². The number of hydrogen-bond donors (Lipinski definition) is 1. The fourth-order valence-electron chi connectivity index (χ4n) is 3.91. The lowest BCUT2D eigenvalue weighted by Gasteiger charge is -2.40. The second-order valence-corrected chi connectivity index (χ2v) is 7.66. The number of hydrogen-bond acceptors (Lipinski definition) is 3. The number of nitrogens with one attached hydrogen (secondary N) is 1. The van der Waals surface area contributed by atoms with Gasteiger partial charge in [0.05, 0.1) is 0 Å². The van der Waals surface area contributed by atoms with Crippen LogP contribution in [0.25, 0.3) is 0 Å². The molecule has 0 atom stereocenters. The number of piperidine rings is 2. The monoisotopic (exact) mass is 377 g/mol. The molecule has 5 nitrogen and oxygen atoms in total. The Balaban J connectivity index is 1.36. The molecule has 1 aromatic carbocycles. The van der Waals surface area contributed by atoms with Crippen LogP contribution in [0.4, 0.5) is 0 Å². The predicted octanol–water partition coefficient (Wildman–Crippen LogP) is 2.94. The van der Waals surface area contributed by atoms with Crippen LogP contribution >= 0.6 is 11.6 Å². The highest BCUT2D eigenvalue weighted by molar-refractivity contribution is 6.30. The fourth-order valence-corrected chi connectivity index (χ4v) is 4.03. The van der Waals surface area contributed by atoms with Crippen molar-refractivity contribution in [3.05, 3.63) is 34.9 Å². The molecule has 0 unspecified atom stereocenters. The Kier molecular flexibility index (Phi) is 6.92. The van der Waals surface area contributed by atoms with Gasteiger partial charge in [0.2, 0.25) is 5.91 Å². The van der Waals surface area contributed by atoms with Crippen LogP contribution in [0, 0.1) is 0 Å². The van der Waals surface area contributed by atoms with E-state index >= 15 is 0 Å². The van der Waals surface area contributed by atoms with Gasteiger partial charge >= 0.3 is 0 Å². The zero-order valence-corrected chi connectivity index (χ0v) is 16.0. The number of likely N-dealkylation sites (tertiary alicyclic amines) is 2. The van der Waals surface area contributed by atoms with Gasteiger partial charge in [0.15, 0.2) is 0 Å². The van der Waals surface area contributed by atoms with Crippen molar-refractivity contribution in [1.82, 2.24) is 15.1 Å². The summed E-state index contributed by atoms with van der Waals surface area (Å²) < 4.78 is 0. The summed E-state index contributed by atoms with van der Waals surface area (Å²) in [5, 5.41) is 3.41. The largest absolute Gasteiger partial charge is 0.352 e. The Morgan fingerprint density at radius 3 is 2.31 bits per heavy atom. The van der Waals surface area contributed by atoms with Gasteiger partial charge in [-0.25, -0.2) is 0 Å². The van der Waals surface area contributed by atoms with E-state index in [0.29, 0.717) is 29.6 Å². The molecule has 0 saturated carbocycles. The van der Waals surface area contributed by atoms with Crippen LogP contribution in [-0.2, 0) is 4.79 Å². The van der Waals surface area contributed by atoms with Crippen LogP contribution < -0.4 is 5.32 Å². The highest BCUT2D eigenvalue weighted by atomic mass is 35.5. The number of carbonyl (C=O) groups excluding carboxylic acids is 2. The first-order valence-electron chi connectivity index (χ1n) is 9.69. The third kappa shape index (κ3) is 5.21. The molecule has 2 saturated heterocycles. The lowest BCUT2D eigenvalue weighted by atomic mass is 10.00. The molecule has 26 heavy (non-hydrogen) atoms. The molecular weight excluding hydrogens is 350 g/mol. The van der Waals surface area contributed by atoms with Crippen molar-refractivity contribution < 1.29 is 9.59 Å². The Hall–Kier alpha value is -1.59. The molecule has 0 spiro atoms. The van der Waals surface area contributed by atoms with Gasteiger partial charge in [-0.05, 0) is 63.0 Å². The van der Waals surface area contributed by atoms with Crippen molar-refractivity contribution in [2.75, 3.05) is 32.7 Å². The van der Waals surface area contributed by atoms with Gasteiger partial charge < -0.3 is 15.1 Å². The Bertz CT molecular complexity index is 606. The Morgan fingerprint density at radius 2 is 1.65 bits per heavy atom. The summed E-state index contributed by atoms with van der Waals surface area (Å²) in [5.41, 5.74) is 0.559. The molecule has 6 heteroatoms. The van der Waals surface area contributed by atoms with E-state index in [1.807, 2.05) is 4.90 Å². The third-order valence-corrected chi connectivity index (χ3v) is 5.71. The van der Waals surface area contributed by atoms with E-state index in [2.05, 4.69) is 10.2 Å². The smallest absolute Gasteiger partial charge is 0.251 e. The summed E-state index contributed by atoms with van der Waals surface area (Å²) in [7, 11) is 0. The second-order valence-electron chi connectivity index (χ2n) is 7.22. The van der Waals surface area contributed by atoms with Crippen LogP contribution in [0.5, 0.6) is 0 Å². The van der Waals surface area contributed by atoms with Crippen LogP contribution in [0.2, 0.25) is 5.02 Å². The number of amides is 2. The van der Waals surface area contributed by atoms with Crippen molar-refractivity contribution in [3.63, 3.8) is 0 Å². The molecule has 142 valence electrons. The first kappa shape index (κ1) is 19.2. The summed E-state index contributed by atoms with van der Waals surface area (Å²) in [4.78, 5) is 29.0. The molecular formula is C20H28ClN3O2. The summed E-state index contributed by atoms with van der Waals surface area (Å²) in [5.74, 6) is -0.0308. The van der Waals surface area contributed by atoms with E-state index in [1.54, 1.807) is 24.3 Å². The number of nitrogens with zero attached hydrogens (tertiary/aromatic N) is 2. The molecule has 0 aromatic heterocycles. The molecule has 3 rings (SSSR count). The quantitative estimate of drug-likeness (QED) is 0.858. The van der Waals surface area contributed by atoms with Gasteiger partial charge in [0, 0.05) is 42.7 Å². The molecule has 1 N–H and O–H groups in total. The first-order valence-corrected chi connectivity index (χ1v) is 10.1. The van der Waals surface area contributed by atoms with E-state index in [0.717, 1.165) is 25.9 Å². The number of halogens is 1. The molecule has 1 aromatic rings. The third-order valence-electron chi connectivity index (χ3n) is 5.46. The molecule has 0 aliphatic carbocycles. The van der Waals surface area contributed by atoms with Crippen molar-refractivity contribution in [2.45, 2.75) is 44.6 Å². The molecule has 0 radical (unpaired) electrons. The van der Waals surface area contributed by atoms with Gasteiger partial charge in [-0.3, -0.25) is 9.59 Å². The summed E-state index contributed by atoms with van der Waals surface area (Å²) in [6, 6.07) is 7.39. The van der Waals surface area contributed by atoms with E-state index in [4.69, 9.17) is 11.6 Å². The highest BCUT2D eigenvalue weighted by Crippen LogP contribution is 2.21. The minimum atomic E-state index is -0.168. The molecule has 2 aliphatic heterocycles. The average Bonchev–Trinajstić information content (AvgIpc) is 2.69. The molecule has 2 fully saturated rings. The van der Waals surface area contributed by atoms with E-state index in [1.165, 1.54) is 32.4 Å². The average molecular weight is 378 g/mol. The summed E-state index contributed by atoms with van der Waals surface area (Å²) in [6.45, 7) is 4.48. The minimum Gasteiger partial charge on any atom is -0.352 e. The SMILES string of the molecule is O=C(NCCC(=O)N1CCC(N2CCCCC2)CC1)c1ccc(Cl)cc1. The second kappa shape index (κ2) is 9.38. The fraction of sp³-hybridized carbons (Fsp3) is 0.600. The van der Waals surface area contributed by atoms with Crippen LogP contribution in [0.1, 0.15) is 48.9 Å². The number of carbonyl (C=O) groups is 2. The van der Waals surface area contributed by atoms with Crippen LogP contribution in [-0.4, -0.2) is 60.4 Å². The predicted molar refractivity (Wildman–Crippen MR) is 103 cm³/mol. The van der Waals surface area contributed by atoms with Gasteiger partial charge in [-0.15, -0.1) is 0 Å². The van der Waals surface area contributed by atoms with Crippen molar-refractivity contribution in [3.8, 4) is 0 Å². The Morgan fingerprint density at radius 1 is 1.00 bits per heavy atom. The van der Waals surface area contributed by atoms with Gasteiger partial charge in [-0.2, -0.15) is 0 Å². The van der Waals surface area contributed by atoms with Crippen molar-refractivity contribution in [1.29, 1.82) is 0 Å². The van der Waals surface area contributed by atoms with E-state index in [9.17, 15) is 9.59 Å². The standard InChI is InChI=1S/C20H28ClN3O2/c21-17-6-4-16(5-7-17)20(26)22-11-8-19(25)24-14-9-18(10-15-24)23-12-2-1-3-13-23/h4-7,18H,1-3,8-15H2,(H,22,26).